The topological polar surface area (TPSA) is 84.7 Å². The highest BCUT2D eigenvalue weighted by Gasteiger charge is 2.63. The predicted molar refractivity (Wildman–Crippen MR) is 112 cm³/mol. The number of anilines is 1. The van der Waals surface area contributed by atoms with Gasteiger partial charge in [0.2, 0.25) is 0 Å². The number of imide groups is 1. The van der Waals surface area contributed by atoms with Crippen molar-refractivity contribution in [2.24, 2.45) is 0 Å². The van der Waals surface area contributed by atoms with Crippen molar-refractivity contribution in [2.45, 2.75) is 30.7 Å². The molecular weight excluding hydrogens is 505 g/mol. The van der Waals surface area contributed by atoms with Crippen LogP contribution in [0.2, 0.25) is 0 Å². The van der Waals surface area contributed by atoms with E-state index in [1.165, 1.54) is 11.0 Å². The van der Waals surface area contributed by atoms with E-state index in [1.54, 1.807) is 29.2 Å². The fourth-order valence-corrected chi connectivity index (χ4v) is 5.32. The number of likely N-dealkylation sites (tertiary alicyclic amines) is 1. The fraction of sp³-hybridized carbons (Fsp3) is 0.273. The maximum absolute atomic E-state index is 13.4. The summed E-state index contributed by atoms with van der Waals surface area (Å²) in [6.45, 7) is 0.237. The van der Waals surface area contributed by atoms with E-state index >= 15 is 0 Å². The molecule has 2 aromatic carbocycles. The number of alkyl halides is 3. The maximum Gasteiger partial charge on any atom is 0.417 e. The molecule has 2 aromatic rings. The summed E-state index contributed by atoms with van der Waals surface area (Å²) in [7, 11) is 0. The van der Waals surface area contributed by atoms with Gasteiger partial charge in [-0.1, -0.05) is 22.0 Å². The lowest BCUT2D eigenvalue weighted by Gasteiger charge is -2.35. The minimum absolute atomic E-state index is 0.237. The molecule has 0 saturated carbocycles. The molecule has 7 nitrogen and oxygen atoms in total. The van der Waals surface area contributed by atoms with Crippen LogP contribution in [0.1, 0.15) is 27.9 Å². The smallest absolute Gasteiger partial charge is 0.331 e. The zero-order valence-corrected chi connectivity index (χ0v) is 18.3. The van der Waals surface area contributed by atoms with Crippen molar-refractivity contribution in [2.75, 3.05) is 11.4 Å². The van der Waals surface area contributed by atoms with Gasteiger partial charge in [0.1, 0.15) is 6.04 Å². The number of hydrogen-bond acceptors (Lipinski definition) is 4. The number of piperazine rings is 1. The first-order chi connectivity index (χ1) is 15.6. The Morgan fingerprint density at radius 1 is 1.15 bits per heavy atom. The van der Waals surface area contributed by atoms with E-state index in [9.17, 15) is 27.6 Å². The Bertz CT molecular complexity index is 1260. The summed E-state index contributed by atoms with van der Waals surface area (Å²) >= 11 is 3.32. The van der Waals surface area contributed by atoms with Crippen LogP contribution in [0.5, 0.6) is 0 Å². The van der Waals surface area contributed by atoms with Gasteiger partial charge < -0.3 is 9.80 Å². The average molecular weight is 519 g/mol. The highest BCUT2D eigenvalue weighted by Crippen LogP contribution is 2.44. The molecule has 5 rings (SSSR count). The first-order valence-corrected chi connectivity index (χ1v) is 10.7. The molecule has 0 N–H and O–H groups in total. The third kappa shape index (κ3) is 3.20. The van der Waals surface area contributed by atoms with Crippen LogP contribution in [-0.4, -0.2) is 52.3 Å². The normalized spacial score (nSPS) is 23.8. The van der Waals surface area contributed by atoms with E-state index in [0.717, 1.165) is 16.6 Å². The Kier molecular flexibility index (Phi) is 4.75. The summed E-state index contributed by atoms with van der Waals surface area (Å²) in [6.07, 6.45) is -4.40. The van der Waals surface area contributed by atoms with Crippen molar-refractivity contribution in [3.05, 3.63) is 63.6 Å². The van der Waals surface area contributed by atoms with Gasteiger partial charge in [-0.3, -0.25) is 9.59 Å². The van der Waals surface area contributed by atoms with Crippen LogP contribution >= 0.6 is 15.9 Å². The van der Waals surface area contributed by atoms with E-state index < -0.39 is 47.4 Å². The number of carbonyl (C=O) groups is 3. The van der Waals surface area contributed by atoms with Gasteiger partial charge in [0.05, 0.1) is 35.0 Å². The van der Waals surface area contributed by atoms with Crippen LogP contribution in [-0.2, 0) is 11.0 Å². The number of benzene rings is 2. The molecule has 3 saturated heterocycles. The number of amides is 4. The molecule has 4 amide bonds. The van der Waals surface area contributed by atoms with Crippen molar-refractivity contribution in [3.8, 4) is 6.07 Å². The van der Waals surface area contributed by atoms with Gasteiger partial charge >= 0.3 is 12.2 Å². The molecule has 33 heavy (non-hydrogen) atoms. The van der Waals surface area contributed by atoms with Gasteiger partial charge in [-0.15, -0.1) is 0 Å². The zero-order chi connectivity index (χ0) is 23.7. The molecule has 3 fully saturated rings. The molecule has 3 heterocycles. The number of nitriles is 1. The maximum atomic E-state index is 13.4. The molecule has 2 bridgehead atoms. The lowest BCUT2D eigenvalue weighted by Crippen LogP contribution is -2.54. The number of halogens is 4. The highest BCUT2D eigenvalue weighted by atomic mass is 79.9. The second kappa shape index (κ2) is 7.31. The van der Waals surface area contributed by atoms with Gasteiger partial charge in [0.15, 0.2) is 0 Å². The van der Waals surface area contributed by atoms with E-state index in [0.29, 0.717) is 23.0 Å². The molecule has 1 unspecified atom stereocenters. The first-order valence-electron chi connectivity index (χ1n) is 9.96. The number of fused-ring (bicyclic) bond motifs is 5. The highest BCUT2D eigenvalue weighted by molar-refractivity contribution is 9.10. The van der Waals surface area contributed by atoms with Crippen LogP contribution in [0.25, 0.3) is 0 Å². The van der Waals surface area contributed by atoms with Crippen molar-refractivity contribution >= 4 is 39.5 Å². The molecule has 168 valence electrons. The Hall–Kier alpha value is -3.39. The Labute approximate surface area is 194 Å². The van der Waals surface area contributed by atoms with Crippen LogP contribution in [0, 0.1) is 11.3 Å². The summed E-state index contributed by atoms with van der Waals surface area (Å²) < 4.78 is 40.9. The summed E-state index contributed by atoms with van der Waals surface area (Å²) in [4.78, 5) is 43.0. The quantitative estimate of drug-likeness (QED) is 0.566. The monoisotopic (exact) mass is 518 g/mol. The van der Waals surface area contributed by atoms with E-state index in [4.69, 9.17) is 5.26 Å². The van der Waals surface area contributed by atoms with Gasteiger partial charge in [-0.05, 0) is 42.8 Å². The third-order valence-corrected chi connectivity index (χ3v) is 6.78. The molecule has 0 aromatic heterocycles. The van der Waals surface area contributed by atoms with Crippen molar-refractivity contribution < 1.29 is 27.6 Å². The van der Waals surface area contributed by atoms with E-state index in [-0.39, 0.29) is 18.1 Å². The molecule has 3 atom stereocenters. The second-order valence-electron chi connectivity index (χ2n) is 8.07. The summed E-state index contributed by atoms with van der Waals surface area (Å²) in [5, 5.41) is 9.00. The number of hydrogen-bond donors (Lipinski definition) is 0. The predicted octanol–water partition coefficient (Wildman–Crippen LogP) is 3.77. The summed E-state index contributed by atoms with van der Waals surface area (Å²) in [6, 6.07) is 8.37. The largest absolute Gasteiger partial charge is 0.417 e. The molecule has 0 spiro atoms. The second-order valence-corrected chi connectivity index (χ2v) is 8.99. The van der Waals surface area contributed by atoms with Crippen molar-refractivity contribution in [1.82, 2.24) is 9.80 Å². The molecule has 0 aliphatic carbocycles. The minimum atomic E-state index is -4.82. The van der Waals surface area contributed by atoms with Crippen molar-refractivity contribution in [1.29, 1.82) is 5.26 Å². The van der Waals surface area contributed by atoms with Crippen LogP contribution in [0.3, 0.4) is 0 Å². The zero-order valence-electron chi connectivity index (χ0n) is 16.7. The minimum Gasteiger partial charge on any atom is -0.331 e. The van der Waals surface area contributed by atoms with Gasteiger partial charge in [-0.2, -0.15) is 18.4 Å². The van der Waals surface area contributed by atoms with Gasteiger partial charge in [-0.25, -0.2) is 9.69 Å². The Morgan fingerprint density at radius 3 is 2.58 bits per heavy atom. The van der Waals surface area contributed by atoms with E-state index in [1.807, 2.05) is 0 Å². The Morgan fingerprint density at radius 2 is 1.91 bits per heavy atom. The van der Waals surface area contributed by atoms with Crippen molar-refractivity contribution in [3.63, 3.8) is 0 Å². The van der Waals surface area contributed by atoms with Gasteiger partial charge in [0, 0.05) is 16.6 Å². The first kappa shape index (κ1) is 21.5. The lowest BCUT2D eigenvalue weighted by molar-refractivity contribution is -0.137. The molecule has 3 aliphatic heterocycles. The third-order valence-electron chi connectivity index (χ3n) is 6.28. The number of nitrogens with zero attached hydrogens (tertiary/aromatic N) is 4. The van der Waals surface area contributed by atoms with Crippen LogP contribution in [0.4, 0.5) is 23.7 Å². The van der Waals surface area contributed by atoms with E-state index in [2.05, 4.69) is 15.9 Å². The lowest BCUT2D eigenvalue weighted by atomic mass is 10.1. The van der Waals surface area contributed by atoms with Gasteiger partial charge in [0.25, 0.3) is 11.8 Å². The molecular formula is C22H14BrF3N4O3. The SMILES string of the molecule is N#Cc1ccc(N2C(=O)[C@@H]3C4C[C@H](CN4C(=O)c4cccc(Br)c4)N3C2=O)cc1C(F)(F)F. The molecule has 11 heteroatoms. The van der Waals surface area contributed by atoms with Crippen LogP contribution < -0.4 is 4.90 Å². The standard InChI is InChI=1S/C22H14BrF3N4O3/c23-13-3-1-2-11(6-13)19(31)28-10-15-8-17(28)18-20(32)30(21(33)29(15)18)14-5-4-12(9-27)16(7-14)22(24,25)26/h1-7,15,17-18H,8,10H2/t15-,17?,18+/m1/s1. The number of carbonyl (C=O) groups excluding carboxylic acids is 3. The molecule has 0 radical (unpaired) electrons. The average Bonchev–Trinajstić information content (AvgIpc) is 3.43. The summed E-state index contributed by atoms with van der Waals surface area (Å²) in [5.74, 6) is -0.961. The fourth-order valence-electron chi connectivity index (χ4n) is 4.92. The summed E-state index contributed by atoms with van der Waals surface area (Å²) in [5.41, 5.74) is -1.64. The van der Waals surface area contributed by atoms with Crippen LogP contribution in [0.15, 0.2) is 46.9 Å². The number of urea groups is 1. The Balaban J connectivity index is 1.47. The number of rotatable bonds is 2. The molecule has 3 aliphatic rings.